The lowest BCUT2D eigenvalue weighted by Crippen LogP contribution is -2.33. The van der Waals surface area contributed by atoms with Gasteiger partial charge in [-0.25, -0.2) is 4.79 Å². The van der Waals surface area contributed by atoms with Gasteiger partial charge in [-0.3, -0.25) is 4.79 Å². The first-order valence-corrected chi connectivity index (χ1v) is 14.4. The van der Waals surface area contributed by atoms with E-state index in [1.807, 2.05) is 50.2 Å². The minimum absolute atomic E-state index is 0.0302. The molecule has 0 aliphatic rings. The topological polar surface area (TPSA) is 79.6 Å². The van der Waals surface area contributed by atoms with Crippen molar-refractivity contribution < 1.29 is 19.1 Å². The predicted molar refractivity (Wildman–Crippen MR) is 160 cm³/mol. The number of likely N-dealkylation sites (N-methyl/N-ethyl adjacent to an activating group) is 1. The van der Waals surface area contributed by atoms with Gasteiger partial charge in [-0.2, -0.15) is 5.26 Å². The molecule has 0 saturated carbocycles. The van der Waals surface area contributed by atoms with E-state index in [0.717, 1.165) is 42.6 Å². The van der Waals surface area contributed by atoms with Gasteiger partial charge < -0.3 is 14.4 Å². The van der Waals surface area contributed by atoms with E-state index in [9.17, 15) is 14.9 Å². The zero-order chi connectivity index (χ0) is 28.5. The molecule has 0 amide bonds. The number of alkyl halides is 1. The predicted octanol–water partition coefficient (Wildman–Crippen LogP) is 6.91. The molecule has 0 bridgehead atoms. The summed E-state index contributed by atoms with van der Waals surface area (Å²) in [7, 11) is 3.70. The fourth-order valence-corrected chi connectivity index (χ4v) is 5.22. The first-order valence-electron chi connectivity index (χ1n) is 13.2. The van der Waals surface area contributed by atoms with Crippen molar-refractivity contribution in [1.82, 2.24) is 4.90 Å². The third kappa shape index (κ3) is 8.36. The van der Waals surface area contributed by atoms with Crippen molar-refractivity contribution in [2.45, 2.75) is 69.5 Å². The quantitative estimate of drug-likeness (QED) is 0.0976. The van der Waals surface area contributed by atoms with Gasteiger partial charge in [-0.05, 0) is 111 Å². The molecule has 2 unspecified atom stereocenters. The molecule has 7 heteroatoms. The number of hydrogen-bond acceptors (Lipinski definition) is 6. The Balaban J connectivity index is 2.09. The summed E-state index contributed by atoms with van der Waals surface area (Å²) in [5.74, 6) is -0.249. The lowest BCUT2D eigenvalue weighted by atomic mass is 9.69. The summed E-state index contributed by atoms with van der Waals surface area (Å²) in [5, 5.41) is 10.4. The second-order valence-electron chi connectivity index (χ2n) is 10.5. The van der Waals surface area contributed by atoms with E-state index in [-0.39, 0.29) is 27.9 Å². The van der Waals surface area contributed by atoms with Crippen molar-refractivity contribution in [1.29, 1.82) is 5.26 Å². The number of halogens is 1. The Morgan fingerprint density at radius 3 is 2.39 bits per heavy atom. The molecule has 2 aromatic carbocycles. The van der Waals surface area contributed by atoms with Crippen LogP contribution < -0.4 is 0 Å². The number of nitrogens with zero attached hydrogens (tertiary/aromatic N) is 2. The molecule has 0 radical (unpaired) electrons. The van der Waals surface area contributed by atoms with Gasteiger partial charge in [0.1, 0.15) is 4.11 Å². The third-order valence-electron chi connectivity index (χ3n) is 6.98. The van der Waals surface area contributed by atoms with E-state index in [2.05, 4.69) is 54.5 Å². The number of esters is 1. The van der Waals surface area contributed by atoms with E-state index in [4.69, 9.17) is 9.47 Å². The molecule has 38 heavy (non-hydrogen) atoms. The van der Waals surface area contributed by atoms with Crippen LogP contribution in [0.15, 0.2) is 42.5 Å². The number of nitriles is 1. The van der Waals surface area contributed by atoms with Crippen molar-refractivity contribution in [2.75, 3.05) is 27.2 Å². The van der Waals surface area contributed by atoms with Gasteiger partial charge in [0.05, 0.1) is 23.2 Å². The molecule has 2 aromatic rings. The summed E-state index contributed by atoms with van der Waals surface area (Å²) in [6.07, 6.45) is 2.20. The molecule has 2 atom stereocenters. The Hall–Kier alpha value is -2.28. The van der Waals surface area contributed by atoms with Gasteiger partial charge in [0.2, 0.25) is 0 Å². The molecule has 0 aliphatic heterocycles. The van der Waals surface area contributed by atoms with E-state index in [0.29, 0.717) is 17.5 Å². The Morgan fingerprint density at radius 2 is 1.82 bits per heavy atom. The normalized spacial score (nSPS) is 13.8. The Labute approximate surface area is 241 Å². The first kappa shape index (κ1) is 31.9. The van der Waals surface area contributed by atoms with Gasteiger partial charge >= 0.3 is 5.97 Å². The van der Waals surface area contributed by atoms with Crippen molar-refractivity contribution in [2.24, 2.45) is 5.92 Å². The van der Waals surface area contributed by atoms with Crippen LogP contribution in [-0.2, 0) is 21.3 Å². The molecule has 0 saturated heterocycles. The number of Topliss-reactive ketones (excluding diaryl/α,β-unsaturated/α-hetero) is 1. The molecule has 0 spiro atoms. The van der Waals surface area contributed by atoms with Crippen LogP contribution in [0, 0.1) is 17.2 Å². The van der Waals surface area contributed by atoms with Crippen molar-refractivity contribution in [3.05, 3.63) is 70.3 Å². The minimum atomic E-state index is -0.692. The lowest BCUT2D eigenvalue weighted by Gasteiger charge is -2.33. The second kappa shape index (κ2) is 14.8. The lowest BCUT2D eigenvalue weighted by molar-refractivity contribution is 0.0377. The number of methoxy groups -OCH3 is 1. The van der Waals surface area contributed by atoms with Gasteiger partial charge in [0.15, 0.2) is 5.78 Å². The maximum atomic E-state index is 12.4. The molecule has 2 rings (SSSR count). The fraction of sp³-hybridized carbons (Fsp3) is 0.516. The molecule has 0 aliphatic carbocycles. The van der Waals surface area contributed by atoms with Crippen LogP contribution in [-0.4, -0.2) is 50.0 Å². The summed E-state index contributed by atoms with van der Waals surface area (Å²) >= 11 is 2.17. The van der Waals surface area contributed by atoms with E-state index >= 15 is 0 Å². The molecule has 6 nitrogen and oxygen atoms in total. The molecule has 206 valence electrons. The zero-order valence-corrected chi connectivity index (χ0v) is 25.9. The second-order valence-corrected chi connectivity index (χ2v) is 11.6. The average molecular weight is 633 g/mol. The van der Waals surface area contributed by atoms with Crippen LogP contribution in [0.5, 0.6) is 0 Å². The molecule has 0 aromatic heterocycles. The summed E-state index contributed by atoms with van der Waals surface area (Å²) in [6.45, 7) is 11.1. The number of ketones is 1. The Bertz CT molecular complexity index is 1140. The van der Waals surface area contributed by atoms with E-state index in [1.54, 1.807) is 20.1 Å². The highest BCUT2D eigenvalue weighted by Crippen LogP contribution is 2.39. The number of ether oxygens (including phenoxy) is 2. The standard InChI is InChI=1S/C31H41IN2O4/c1-21(2)31(20-33,26-12-13-27(29(32)37-7)28(19-26)23(5)35)15-9-16-34(6)17-14-24-10-8-11-25(18-24)30(36)38-22(3)4/h8,10-13,18-19,21-22,29H,9,14-17H2,1-7H3. The zero-order valence-electron chi connectivity index (χ0n) is 23.7. The maximum absolute atomic E-state index is 12.4. The van der Waals surface area contributed by atoms with Crippen LogP contribution in [0.25, 0.3) is 0 Å². The van der Waals surface area contributed by atoms with Crippen LogP contribution >= 0.6 is 22.6 Å². The van der Waals surface area contributed by atoms with Crippen molar-refractivity contribution in [3.63, 3.8) is 0 Å². The monoisotopic (exact) mass is 632 g/mol. The Kier molecular flexibility index (Phi) is 12.4. The number of benzene rings is 2. The highest BCUT2D eigenvalue weighted by atomic mass is 127. The summed E-state index contributed by atoms with van der Waals surface area (Å²) in [4.78, 5) is 26.9. The largest absolute Gasteiger partial charge is 0.459 e. The average Bonchev–Trinajstić information content (AvgIpc) is 2.88. The number of hydrogen-bond donors (Lipinski definition) is 0. The van der Waals surface area contributed by atoms with Gasteiger partial charge in [0, 0.05) is 24.8 Å². The number of carbonyl (C=O) groups is 2. The molecule has 0 heterocycles. The molecule has 0 N–H and O–H groups in total. The van der Waals surface area contributed by atoms with E-state index in [1.165, 1.54) is 0 Å². The van der Waals surface area contributed by atoms with Gasteiger partial charge in [-0.15, -0.1) is 0 Å². The van der Waals surface area contributed by atoms with Gasteiger partial charge in [0.25, 0.3) is 0 Å². The number of carbonyl (C=O) groups excluding carboxylic acids is 2. The van der Waals surface area contributed by atoms with Gasteiger partial charge in [-0.1, -0.05) is 38.1 Å². The maximum Gasteiger partial charge on any atom is 0.338 e. The number of rotatable bonds is 14. The summed E-state index contributed by atoms with van der Waals surface area (Å²) < 4.78 is 10.5. The Morgan fingerprint density at radius 1 is 1.11 bits per heavy atom. The van der Waals surface area contributed by atoms with Crippen LogP contribution in [0.3, 0.4) is 0 Å². The van der Waals surface area contributed by atoms with Crippen LogP contribution in [0.4, 0.5) is 0 Å². The summed E-state index contributed by atoms with van der Waals surface area (Å²) in [5.41, 5.74) is 3.30. The SMILES string of the molecule is COC(I)c1ccc(C(C#N)(CCCN(C)CCc2cccc(C(=O)OC(C)C)c2)C(C)C)cc1C(C)=O. The highest BCUT2D eigenvalue weighted by molar-refractivity contribution is 14.1. The first-order chi connectivity index (χ1) is 17.9. The highest BCUT2D eigenvalue weighted by Gasteiger charge is 2.36. The third-order valence-corrected chi connectivity index (χ3v) is 8.16. The molecule has 0 fully saturated rings. The summed E-state index contributed by atoms with van der Waals surface area (Å²) in [6, 6.07) is 16.0. The van der Waals surface area contributed by atoms with Crippen LogP contribution in [0.1, 0.15) is 89.0 Å². The van der Waals surface area contributed by atoms with E-state index < -0.39 is 5.41 Å². The van der Waals surface area contributed by atoms with Crippen molar-refractivity contribution in [3.8, 4) is 6.07 Å². The van der Waals surface area contributed by atoms with Crippen LogP contribution in [0.2, 0.25) is 0 Å². The molecular formula is C31H41IN2O4. The minimum Gasteiger partial charge on any atom is -0.459 e. The van der Waals surface area contributed by atoms with Crippen molar-refractivity contribution >= 4 is 34.3 Å². The fourth-order valence-electron chi connectivity index (χ4n) is 4.67. The molecular weight excluding hydrogens is 591 g/mol. The smallest absolute Gasteiger partial charge is 0.338 e.